The molecule has 4 rings (SSSR count). The van der Waals surface area contributed by atoms with Gasteiger partial charge in [0.05, 0.1) is 12.3 Å². The monoisotopic (exact) mass is 435 g/mol. The van der Waals surface area contributed by atoms with Gasteiger partial charge in [-0.2, -0.15) is 0 Å². The predicted molar refractivity (Wildman–Crippen MR) is 122 cm³/mol. The van der Waals surface area contributed by atoms with Crippen LogP contribution >= 0.6 is 11.8 Å². The Morgan fingerprint density at radius 1 is 1.16 bits per heavy atom. The number of nitrogens with one attached hydrogen (secondary N) is 1. The molecule has 2 aromatic carbocycles. The molecule has 0 spiro atoms. The van der Waals surface area contributed by atoms with Crippen LogP contribution in [0.4, 0.5) is 5.69 Å². The van der Waals surface area contributed by atoms with Gasteiger partial charge in [-0.3, -0.25) is 4.79 Å². The molecule has 0 radical (unpaired) electrons. The SMILES string of the molecule is CCn1c(CNc2ccccc2)nnc1SCc1nc2cc(C(=O)C(C)C)ccc2o1. The number of para-hydroxylation sites is 1. The van der Waals surface area contributed by atoms with Crippen LogP contribution in [0.3, 0.4) is 0 Å². The Morgan fingerprint density at radius 3 is 2.71 bits per heavy atom. The van der Waals surface area contributed by atoms with Crippen molar-refractivity contribution < 1.29 is 9.21 Å². The molecule has 0 amide bonds. The summed E-state index contributed by atoms with van der Waals surface area (Å²) in [7, 11) is 0. The first-order chi connectivity index (χ1) is 15.0. The van der Waals surface area contributed by atoms with Crippen LogP contribution in [0, 0.1) is 5.92 Å². The predicted octanol–water partition coefficient (Wildman–Crippen LogP) is 5.18. The van der Waals surface area contributed by atoms with E-state index in [-0.39, 0.29) is 11.7 Å². The smallest absolute Gasteiger partial charge is 0.205 e. The van der Waals surface area contributed by atoms with Gasteiger partial charge in [-0.1, -0.05) is 43.8 Å². The third-order valence-corrected chi connectivity index (χ3v) is 5.85. The molecule has 4 aromatic rings. The van der Waals surface area contributed by atoms with E-state index >= 15 is 0 Å². The van der Waals surface area contributed by atoms with Crippen LogP contribution in [-0.2, 0) is 18.8 Å². The molecule has 0 saturated carbocycles. The van der Waals surface area contributed by atoms with Gasteiger partial charge in [0.1, 0.15) is 5.52 Å². The van der Waals surface area contributed by atoms with Crippen molar-refractivity contribution in [3.63, 3.8) is 0 Å². The van der Waals surface area contributed by atoms with Crippen LogP contribution in [0.25, 0.3) is 11.1 Å². The molecule has 7 nitrogen and oxygen atoms in total. The third kappa shape index (κ3) is 4.80. The summed E-state index contributed by atoms with van der Waals surface area (Å²) in [5.41, 5.74) is 3.09. The van der Waals surface area contributed by atoms with Crippen molar-refractivity contribution in [3.8, 4) is 0 Å². The van der Waals surface area contributed by atoms with E-state index in [0.29, 0.717) is 34.9 Å². The zero-order valence-corrected chi connectivity index (χ0v) is 18.6. The molecule has 0 saturated heterocycles. The van der Waals surface area contributed by atoms with Gasteiger partial charge in [0.15, 0.2) is 22.3 Å². The molecule has 0 fully saturated rings. The second kappa shape index (κ2) is 9.34. The van der Waals surface area contributed by atoms with Crippen molar-refractivity contribution in [2.24, 2.45) is 5.92 Å². The number of hydrogen-bond acceptors (Lipinski definition) is 7. The third-order valence-electron chi connectivity index (χ3n) is 4.90. The Morgan fingerprint density at radius 2 is 1.97 bits per heavy atom. The lowest BCUT2D eigenvalue weighted by atomic mass is 10.0. The minimum Gasteiger partial charge on any atom is -0.440 e. The number of benzene rings is 2. The molecular weight excluding hydrogens is 410 g/mol. The second-order valence-corrected chi connectivity index (χ2v) is 8.40. The van der Waals surface area contributed by atoms with E-state index in [4.69, 9.17) is 4.42 Å². The number of thioether (sulfide) groups is 1. The van der Waals surface area contributed by atoms with E-state index in [0.717, 1.165) is 23.2 Å². The molecule has 0 atom stereocenters. The molecule has 2 aromatic heterocycles. The van der Waals surface area contributed by atoms with Crippen LogP contribution in [0.5, 0.6) is 0 Å². The molecule has 0 aliphatic heterocycles. The normalized spacial score (nSPS) is 11.4. The van der Waals surface area contributed by atoms with Crippen LogP contribution in [0.15, 0.2) is 58.1 Å². The number of ketones is 1. The lowest BCUT2D eigenvalue weighted by Crippen LogP contribution is -2.08. The summed E-state index contributed by atoms with van der Waals surface area (Å²) >= 11 is 1.54. The highest BCUT2D eigenvalue weighted by atomic mass is 32.2. The first-order valence-electron chi connectivity index (χ1n) is 10.3. The molecule has 2 heterocycles. The fourth-order valence-electron chi connectivity index (χ4n) is 3.26. The van der Waals surface area contributed by atoms with E-state index in [2.05, 4.69) is 32.0 Å². The average molecular weight is 436 g/mol. The summed E-state index contributed by atoms with van der Waals surface area (Å²) < 4.78 is 7.94. The maximum atomic E-state index is 12.2. The van der Waals surface area contributed by atoms with Crippen LogP contribution in [0.1, 0.15) is 42.8 Å². The molecule has 0 bridgehead atoms. The summed E-state index contributed by atoms with van der Waals surface area (Å²) in [6.07, 6.45) is 0. The number of anilines is 1. The Balaban J connectivity index is 1.44. The number of fused-ring (bicyclic) bond motifs is 1. The van der Waals surface area contributed by atoms with Crippen molar-refractivity contribution in [3.05, 3.63) is 65.8 Å². The van der Waals surface area contributed by atoms with Crippen molar-refractivity contribution in [1.82, 2.24) is 19.7 Å². The fraction of sp³-hybridized carbons (Fsp3) is 0.304. The Kier molecular flexibility index (Phi) is 6.36. The molecule has 160 valence electrons. The van der Waals surface area contributed by atoms with Crippen molar-refractivity contribution in [1.29, 1.82) is 0 Å². The largest absolute Gasteiger partial charge is 0.440 e. The summed E-state index contributed by atoms with van der Waals surface area (Å²) in [5.74, 6) is 2.07. The molecule has 0 aliphatic carbocycles. The maximum absolute atomic E-state index is 12.2. The van der Waals surface area contributed by atoms with Gasteiger partial charge < -0.3 is 14.3 Å². The first-order valence-corrected chi connectivity index (χ1v) is 11.3. The van der Waals surface area contributed by atoms with Gasteiger partial charge in [-0.05, 0) is 37.3 Å². The fourth-order valence-corrected chi connectivity index (χ4v) is 4.13. The van der Waals surface area contributed by atoms with E-state index in [1.807, 2.05) is 50.2 Å². The topological polar surface area (TPSA) is 85.8 Å². The molecular formula is C23H25N5O2S. The Hall–Kier alpha value is -3.13. The second-order valence-electron chi connectivity index (χ2n) is 7.46. The zero-order chi connectivity index (χ0) is 21.8. The first kappa shape index (κ1) is 21.1. The summed E-state index contributed by atoms with van der Waals surface area (Å²) in [6.45, 7) is 7.23. The molecule has 1 N–H and O–H groups in total. The number of aromatic nitrogens is 4. The van der Waals surface area contributed by atoms with Gasteiger partial charge in [0, 0.05) is 23.7 Å². The van der Waals surface area contributed by atoms with Gasteiger partial charge in [-0.15, -0.1) is 10.2 Å². The van der Waals surface area contributed by atoms with Crippen LogP contribution in [-0.4, -0.2) is 25.5 Å². The number of nitrogens with zero attached hydrogens (tertiary/aromatic N) is 4. The summed E-state index contributed by atoms with van der Waals surface area (Å²) in [5, 5.41) is 12.9. The summed E-state index contributed by atoms with van der Waals surface area (Å²) in [4.78, 5) is 16.8. The van der Waals surface area contributed by atoms with Crippen molar-refractivity contribution in [2.75, 3.05) is 5.32 Å². The highest BCUT2D eigenvalue weighted by molar-refractivity contribution is 7.98. The number of Topliss-reactive ketones (excluding diaryl/α,β-unsaturated/α-hetero) is 1. The lowest BCUT2D eigenvalue weighted by Gasteiger charge is -2.08. The van der Waals surface area contributed by atoms with Crippen molar-refractivity contribution in [2.45, 2.75) is 44.8 Å². The highest BCUT2D eigenvalue weighted by Gasteiger charge is 2.15. The standard InChI is InChI=1S/C23H25N5O2S/c1-4-28-20(13-24-17-8-6-5-7-9-17)26-27-23(28)31-14-21-25-18-12-16(22(29)15(2)3)10-11-19(18)30-21/h5-12,15,24H,4,13-14H2,1-3H3. The van der Waals surface area contributed by atoms with E-state index in [1.165, 1.54) is 11.8 Å². The summed E-state index contributed by atoms with van der Waals surface area (Å²) in [6, 6.07) is 15.4. The number of carbonyl (C=O) groups is 1. The Bertz CT molecular complexity index is 1180. The van der Waals surface area contributed by atoms with Gasteiger partial charge >= 0.3 is 0 Å². The number of rotatable bonds is 9. The van der Waals surface area contributed by atoms with Gasteiger partial charge in [-0.25, -0.2) is 4.98 Å². The van der Waals surface area contributed by atoms with Gasteiger partial charge in [0.25, 0.3) is 0 Å². The Labute approximate surface area is 185 Å². The number of carbonyl (C=O) groups excluding carboxylic acids is 1. The molecule has 31 heavy (non-hydrogen) atoms. The van der Waals surface area contributed by atoms with Crippen LogP contribution in [0.2, 0.25) is 0 Å². The number of oxazole rings is 1. The van der Waals surface area contributed by atoms with E-state index < -0.39 is 0 Å². The van der Waals surface area contributed by atoms with Crippen molar-refractivity contribution >= 4 is 34.3 Å². The molecule has 8 heteroatoms. The highest BCUT2D eigenvalue weighted by Crippen LogP contribution is 2.25. The maximum Gasteiger partial charge on any atom is 0.205 e. The van der Waals surface area contributed by atoms with Gasteiger partial charge in [0.2, 0.25) is 5.89 Å². The lowest BCUT2D eigenvalue weighted by molar-refractivity contribution is 0.0939. The zero-order valence-electron chi connectivity index (χ0n) is 17.8. The quantitative estimate of drug-likeness (QED) is 0.286. The molecule has 0 aliphatic rings. The minimum atomic E-state index is -0.0506. The average Bonchev–Trinajstić information content (AvgIpc) is 3.38. The molecule has 0 unspecified atom stereocenters. The number of hydrogen-bond donors (Lipinski definition) is 1. The van der Waals surface area contributed by atoms with E-state index in [9.17, 15) is 4.79 Å². The van der Waals surface area contributed by atoms with Crippen LogP contribution < -0.4 is 5.32 Å². The minimum absolute atomic E-state index is 0.0506. The van der Waals surface area contributed by atoms with E-state index in [1.54, 1.807) is 12.1 Å².